The summed E-state index contributed by atoms with van der Waals surface area (Å²) in [6, 6.07) is 0. The largest absolute Gasteiger partial charge is 0.469 e. The minimum atomic E-state index is -4.66. The highest BCUT2D eigenvalue weighted by Crippen LogP contribution is 2.37. The van der Waals surface area contributed by atoms with Gasteiger partial charge in [0.2, 0.25) is 5.78 Å². The summed E-state index contributed by atoms with van der Waals surface area (Å²) in [5, 5.41) is 10.8. The topological polar surface area (TPSA) is 120 Å². The van der Waals surface area contributed by atoms with Crippen molar-refractivity contribution in [3.8, 4) is 0 Å². The third-order valence-corrected chi connectivity index (χ3v) is 3.13. The molecule has 0 fully saturated rings. The van der Waals surface area contributed by atoms with Gasteiger partial charge in [0.25, 0.3) is 0 Å². The average Bonchev–Trinajstić information content (AvgIpc) is 2.31. The lowest BCUT2D eigenvalue weighted by Gasteiger charge is -2.29. The third kappa shape index (κ3) is 5.18. The first-order chi connectivity index (χ1) is 9.42. The Labute approximate surface area is 122 Å². The van der Waals surface area contributed by atoms with Gasteiger partial charge in [-0.05, 0) is 27.7 Å². The van der Waals surface area contributed by atoms with Crippen LogP contribution in [0.25, 0.3) is 0 Å². The van der Waals surface area contributed by atoms with Crippen molar-refractivity contribution >= 4 is 19.3 Å². The molecule has 3 N–H and O–H groups in total. The van der Waals surface area contributed by atoms with Gasteiger partial charge in [0.1, 0.15) is 0 Å². The van der Waals surface area contributed by atoms with E-state index in [2.05, 4.69) is 9.52 Å². The Kier molecular flexibility index (Phi) is 5.25. The van der Waals surface area contributed by atoms with Crippen molar-refractivity contribution in [2.24, 2.45) is 4.99 Å². The van der Waals surface area contributed by atoms with E-state index < -0.39 is 25.8 Å². The summed E-state index contributed by atoms with van der Waals surface area (Å²) in [5.74, 6) is -0.440. The molecule has 1 heterocycles. The van der Waals surface area contributed by atoms with E-state index in [4.69, 9.17) is 9.79 Å². The first-order valence-corrected chi connectivity index (χ1v) is 7.63. The van der Waals surface area contributed by atoms with E-state index in [0.717, 1.165) is 5.06 Å². The van der Waals surface area contributed by atoms with E-state index in [1.165, 1.54) is 19.3 Å². The van der Waals surface area contributed by atoms with Gasteiger partial charge >= 0.3 is 7.82 Å². The lowest BCUT2D eigenvalue weighted by Crippen LogP contribution is -2.35. The molecule has 1 aliphatic rings. The Bertz CT molecular complexity index is 567. The highest BCUT2D eigenvalue weighted by Gasteiger charge is 2.26. The molecule has 0 radical (unpaired) electrons. The number of Topliss-reactive ketones (excluding diaryl/α,β-unsaturated/α-hetero) is 1. The first-order valence-electron chi connectivity index (χ1n) is 6.10. The van der Waals surface area contributed by atoms with Gasteiger partial charge in [0, 0.05) is 23.5 Å². The Hall–Kier alpha value is -1.31. The predicted molar refractivity (Wildman–Crippen MR) is 75.7 cm³/mol. The molecule has 8 nitrogen and oxygen atoms in total. The van der Waals surface area contributed by atoms with Crippen molar-refractivity contribution in [2.45, 2.75) is 33.2 Å². The molecule has 118 valence electrons. The second-order valence-electron chi connectivity index (χ2n) is 5.52. The van der Waals surface area contributed by atoms with Gasteiger partial charge in [0.05, 0.1) is 17.9 Å². The normalized spacial score (nSPS) is 18.6. The second-order valence-corrected chi connectivity index (χ2v) is 6.76. The van der Waals surface area contributed by atoms with Gasteiger partial charge in [-0.2, -0.15) is 0 Å². The van der Waals surface area contributed by atoms with Gasteiger partial charge in [-0.15, -0.1) is 0 Å². The Morgan fingerprint density at radius 3 is 2.48 bits per heavy atom. The molecule has 0 spiro atoms. The molecule has 0 atom stereocenters. The molecule has 0 aromatic carbocycles. The lowest BCUT2D eigenvalue weighted by molar-refractivity contribution is -0.115. The number of ketones is 1. The van der Waals surface area contributed by atoms with Crippen LogP contribution in [0.15, 0.2) is 28.5 Å². The number of nitrogens with zero attached hydrogens (tertiary/aromatic N) is 2. The third-order valence-electron chi connectivity index (χ3n) is 2.66. The summed E-state index contributed by atoms with van der Waals surface area (Å²) in [7, 11) is -4.66. The molecule has 9 heteroatoms. The van der Waals surface area contributed by atoms with Crippen LogP contribution in [-0.2, 0) is 13.9 Å². The van der Waals surface area contributed by atoms with Gasteiger partial charge in [-0.1, -0.05) is 0 Å². The number of hydrogen-bond acceptors (Lipinski definition) is 6. The summed E-state index contributed by atoms with van der Waals surface area (Å²) in [6.45, 7) is 6.21. The fourth-order valence-electron chi connectivity index (χ4n) is 1.37. The van der Waals surface area contributed by atoms with Crippen molar-refractivity contribution in [1.29, 1.82) is 0 Å². The maximum absolute atomic E-state index is 12.1. The molecular formula is C12H19N2O6P. The predicted octanol–water partition coefficient (Wildman–Crippen LogP) is 1.40. The minimum absolute atomic E-state index is 0.0772. The SMILES string of the molecule is CC1=NC=C(COP(=O)(O)O)C(=CN(O)C(C)(C)C)C1=O. The first kappa shape index (κ1) is 17.7. The number of phosphoric acid groups is 1. The maximum atomic E-state index is 12.1. The number of hydrogen-bond donors (Lipinski definition) is 3. The average molecular weight is 318 g/mol. The van der Waals surface area contributed by atoms with Crippen molar-refractivity contribution in [3.63, 3.8) is 0 Å². The van der Waals surface area contributed by atoms with Crippen LogP contribution in [0.1, 0.15) is 27.7 Å². The van der Waals surface area contributed by atoms with Crippen LogP contribution < -0.4 is 0 Å². The van der Waals surface area contributed by atoms with Gasteiger partial charge in [0.15, 0.2) is 0 Å². The van der Waals surface area contributed by atoms with Crippen LogP contribution in [0.5, 0.6) is 0 Å². The quantitative estimate of drug-likeness (QED) is 0.407. The molecule has 21 heavy (non-hydrogen) atoms. The Balaban J connectivity index is 3.10. The Morgan fingerprint density at radius 2 is 2.00 bits per heavy atom. The number of rotatable bonds is 4. The molecule has 0 saturated carbocycles. The molecule has 0 amide bonds. The molecule has 0 saturated heterocycles. The zero-order chi connectivity index (χ0) is 16.4. The van der Waals surface area contributed by atoms with Crippen LogP contribution >= 0.6 is 7.82 Å². The lowest BCUT2D eigenvalue weighted by atomic mass is 9.98. The molecule has 0 bridgehead atoms. The van der Waals surface area contributed by atoms with E-state index >= 15 is 0 Å². The summed E-state index contributed by atoms with van der Waals surface area (Å²) in [5.41, 5.74) is -0.181. The van der Waals surface area contributed by atoms with E-state index in [1.807, 2.05) is 0 Å². The van der Waals surface area contributed by atoms with Crippen LogP contribution in [-0.4, -0.2) is 43.7 Å². The minimum Gasteiger partial charge on any atom is -0.303 e. The number of phosphoric ester groups is 1. The Morgan fingerprint density at radius 1 is 1.43 bits per heavy atom. The molecule has 1 aliphatic heterocycles. The maximum Gasteiger partial charge on any atom is 0.469 e. The van der Waals surface area contributed by atoms with Crippen molar-refractivity contribution < 1.29 is 28.9 Å². The van der Waals surface area contributed by atoms with Crippen molar-refractivity contribution in [2.75, 3.05) is 6.61 Å². The molecule has 0 aromatic rings. The zero-order valence-electron chi connectivity index (χ0n) is 12.3. The summed E-state index contributed by atoms with van der Waals surface area (Å²) in [4.78, 5) is 33.4. The fourth-order valence-corrected chi connectivity index (χ4v) is 1.68. The van der Waals surface area contributed by atoms with E-state index in [9.17, 15) is 14.6 Å². The van der Waals surface area contributed by atoms with E-state index in [-0.39, 0.29) is 16.9 Å². The van der Waals surface area contributed by atoms with Gasteiger partial charge in [-0.25, -0.2) is 4.57 Å². The summed E-state index contributed by atoms with van der Waals surface area (Å²) < 4.78 is 15.1. The van der Waals surface area contributed by atoms with E-state index in [1.54, 1.807) is 20.8 Å². The highest BCUT2D eigenvalue weighted by atomic mass is 31.2. The zero-order valence-corrected chi connectivity index (χ0v) is 13.2. The van der Waals surface area contributed by atoms with Crippen LogP contribution in [0.2, 0.25) is 0 Å². The number of carbonyl (C=O) groups excluding carboxylic acids is 1. The summed E-state index contributed by atoms with van der Waals surface area (Å²) >= 11 is 0. The van der Waals surface area contributed by atoms with Crippen molar-refractivity contribution in [3.05, 3.63) is 23.5 Å². The molecule has 0 aliphatic carbocycles. The van der Waals surface area contributed by atoms with Crippen LogP contribution in [0.4, 0.5) is 0 Å². The molecular weight excluding hydrogens is 299 g/mol. The molecule has 0 aromatic heterocycles. The van der Waals surface area contributed by atoms with Crippen LogP contribution in [0, 0.1) is 0 Å². The number of carbonyl (C=O) groups is 1. The van der Waals surface area contributed by atoms with Gasteiger partial charge in [-0.3, -0.25) is 24.6 Å². The second kappa shape index (κ2) is 6.21. The fraction of sp³-hybridized carbons (Fsp3) is 0.500. The molecule has 1 rings (SSSR count). The highest BCUT2D eigenvalue weighted by molar-refractivity contribution is 7.46. The monoisotopic (exact) mass is 318 g/mol. The van der Waals surface area contributed by atoms with Crippen molar-refractivity contribution in [1.82, 2.24) is 5.06 Å². The summed E-state index contributed by atoms with van der Waals surface area (Å²) in [6.07, 6.45) is 2.49. The standard InChI is InChI=1S/C12H19N2O6P/c1-8-11(15)10(6-14(16)12(2,3)4)9(5-13-8)7-20-21(17,18)19/h5-6,16H,7H2,1-4H3,(H2,17,18,19). The van der Waals surface area contributed by atoms with E-state index in [0.29, 0.717) is 0 Å². The smallest absolute Gasteiger partial charge is 0.303 e. The van der Waals surface area contributed by atoms with Crippen LogP contribution in [0.3, 0.4) is 0 Å². The number of aliphatic imine (C=N–C) groups is 1. The number of hydroxylamine groups is 2. The van der Waals surface area contributed by atoms with Gasteiger partial charge < -0.3 is 9.79 Å². The molecule has 0 unspecified atom stereocenters.